The predicted octanol–water partition coefficient (Wildman–Crippen LogP) is 9.03. The van der Waals surface area contributed by atoms with Gasteiger partial charge in [0.25, 0.3) is 0 Å². The van der Waals surface area contributed by atoms with Crippen molar-refractivity contribution in [1.82, 2.24) is 9.55 Å². The average molecular weight is 577 g/mol. The summed E-state index contributed by atoms with van der Waals surface area (Å²) in [6, 6.07) is 49.3. The minimum atomic E-state index is -0.720. The molecule has 0 saturated carbocycles. The fourth-order valence-corrected chi connectivity index (χ4v) is 8.02. The first kappa shape index (κ1) is 27.1. The van der Waals surface area contributed by atoms with Crippen LogP contribution in [0.1, 0.15) is 26.3 Å². The smallest absolute Gasteiger partial charge is 0.137 e. The van der Waals surface area contributed by atoms with E-state index in [0.717, 1.165) is 28.4 Å². The summed E-state index contributed by atoms with van der Waals surface area (Å²) in [4.78, 5) is 4.82. The third-order valence-corrected chi connectivity index (χ3v) is 10.2. The highest BCUT2D eigenvalue weighted by Gasteiger charge is 2.19. The summed E-state index contributed by atoms with van der Waals surface area (Å²) in [5, 5.41) is 6.26. The highest BCUT2D eigenvalue weighted by molar-refractivity contribution is 7.79. The van der Waals surface area contributed by atoms with E-state index in [2.05, 4.69) is 159 Å². The number of benzene rings is 5. The van der Waals surface area contributed by atoms with E-state index in [1.54, 1.807) is 0 Å². The fraction of sp³-hybridized carbons (Fsp3) is 0.103. The molecule has 43 heavy (non-hydrogen) atoms. The van der Waals surface area contributed by atoms with Crippen molar-refractivity contribution in [2.75, 3.05) is 0 Å². The second-order valence-corrected chi connectivity index (χ2v) is 14.0. The summed E-state index contributed by atoms with van der Waals surface area (Å²) in [6.45, 7) is 6.71. The van der Waals surface area contributed by atoms with Gasteiger partial charge in [0.2, 0.25) is 0 Å². The highest BCUT2D eigenvalue weighted by Crippen LogP contribution is 2.37. The molecule has 2 heterocycles. The Kier molecular flexibility index (Phi) is 7.05. The number of ether oxygens (including phenoxy) is 1. The summed E-state index contributed by atoms with van der Waals surface area (Å²) in [5.74, 6) is 2.53. The first-order valence-electron chi connectivity index (χ1n) is 14.6. The normalized spacial score (nSPS) is 11.8. The van der Waals surface area contributed by atoms with Gasteiger partial charge in [-0.15, -0.1) is 0 Å². The van der Waals surface area contributed by atoms with E-state index in [9.17, 15) is 0 Å². The number of rotatable bonds is 6. The van der Waals surface area contributed by atoms with Crippen LogP contribution in [0.2, 0.25) is 0 Å². The quantitative estimate of drug-likeness (QED) is 0.185. The van der Waals surface area contributed by atoms with Crippen molar-refractivity contribution in [2.24, 2.45) is 0 Å². The number of para-hydroxylation sites is 1. The molecule has 0 unspecified atom stereocenters. The number of aromatic nitrogens is 2. The molecule has 0 fully saturated rings. The van der Waals surface area contributed by atoms with Crippen LogP contribution in [0, 0.1) is 0 Å². The van der Waals surface area contributed by atoms with Gasteiger partial charge in [0.1, 0.15) is 17.3 Å². The molecule has 7 rings (SSSR count). The topological polar surface area (TPSA) is 27.1 Å². The average Bonchev–Trinajstić information content (AvgIpc) is 3.36. The molecule has 0 aliphatic heterocycles. The van der Waals surface area contributed by atoms with Crippen molar-refractivity contribution in [3.05, 3.63) is 151 Å². The van der Waals surface area contributed by atoms with E-state index in [0.29, 0.717) is 0 Å². The lowest BCUT2D eigenvalue weighted by atomic mass is 9.88. The Morgan fingerprint density at radius 1 is 0.558 bits per heavy atom. The number of nitrogens with zero attached hydrogens (tertiary/aromatic N) is 2. The molecule has 2 aromatic heterocycles. The Morgan fingerprint density at radius 3 is 1.91 bits per heavy atom. The van der Waals surface area contributed by atoms with Crippen LogP contribution in [0.15, 0.2) is 146 Å². The van der Waals surface area contributed by atoms with Gasteiger partial charge in [0.05, 0.1) is 11.0 Å². The highest BCUT2D eigenvalue weighted by atomic mass is 31.1. The molecular formula is C39H33N2OP. The van der Waals surface area contributed by atoms with Crippen LogP contribution in [0.4, 0.5) is 0 Å². The van der Waals surface area contributed by atoms with Crippen molar-refractivity contribution in [1.29, 1.82) is 0 Å². The zero-order chi connectivity index (χ0) is 29.4. The maximum atomic E-state index is 6.59. The number of hydrogen-bond donors (Lipinski definition) is 0. The standard InChI is InChI=1S/C39H33N2OP/c1-39(2,3)28-23-24-40-38(25-28)41-36-20-11-10-19-34(36)35-22-21-30(27-37(35)41)42-29-13-12-18-33(26-29)43(31-14-6-4-7-15-31)32-16-8-5-9-17-32/h4-27H,1-3H3. The molecule has 7 aromatic rings. The lowest BCUT2D eigenvalue weighted by Gasteiger charge is -2.20. The van der Waals surface area contributed by atoms with E-state index in [1.165, 1.54) is 32.2 Å². The van der Waals surface area contributed by atoms with Crippen LogP contribution < -0.4 is 20.7 Å². The number of fused-ring (bicyclic) bond motifs is 3. The van der Waals surface area contributed by atoms with Crippen LogP contribution in [0.3, 0.4) is 0 Å². The van der Waals surface area contributed by atoms with Crippen LogP contribution in [-0.2, 0) is 5.41 Å². The monoisotopic (exact) mass is 576 g/mol. The molecule has 4 heteroatoms. The van der Waals surface area contributed by atoms with Crippen LogP contribution in [0.25, 0.3) is 27.6 Å². The van der Waals surface area contributed by atoms with Crippen LogP contribution >= 0.6 is 7.92 Å². The molecule has 0 aliphatic carbocycles. The molecule has 0 aliphatic rings. The molecule has 210 valence electrons. The molecule has 0 spiro atoms. The minimum absolute atomic E-state index is 0.0225. The van der Waals surface area contributed by atoms with Crippen molar-refractivity contribution < 1.29 is 4.74 Å². The van der Waals surface area contributed by atoms with Gasteiger partial charge in [-0.05, 0) is 77.3 Å². The van der Waals surface area contributed by atoms with Crippen LogP contribution in [-0.4, -0.2) is 9.55 Å². The third-order valence-electron chi connectivity index (χ3n) is 7.83. The Morgan fingerprint density at radius 2 is 1.19 bits per heavy atom. The SMILES string of the molecule is CC(C)(C)c1ccnc(-n2c3ccccc3c3ccc(Oc4cccc(P(c5ccccc5)c5ccccc5)c4)cc32)c1. The van der Waals surface area contributed by atoms with Gasteiger partial charge in [-0.2, -0.15) is 0 Å². The zero-order valence-corrected chi connectivity index (χ0v) is 25.5. The molecular weight excluding hydrogens is 543 g/mol. The fourth-order valence-electron chi connectivity index (χ4n) is 5.69. The predicted molar refractivity (Wildman–Crippen MR) is 182 cm³/mol. The molecule has 3 nitrogen and oxygen atoms in total. The maximum Gasteiger partial charge on any atom is 0.137 e. The lowest BCUT2D eigenvalue weighted by molar-refractivity contribution is 0.484. The van der Waals surface area contributed by atoms with Crippen molar-refractivity contribution in [3.63, 3.8) is 0 Å². The summed E-state index contributed by atoms with van der Waals surface area (Å²) in [6.07, 6.45) is 1.92. The number of hydrogen-bond acceptors (Lipinski definition) is 2. The van der Waals surface area contributed by atoms with Gasteiger partial charge in [-0.25, -0.2) is 4.98 Å². The lowest BCUT2D eigenvalue weighted by Crippen LogP contribution is -2.20. The Labute approximate surface area is 254 Å². The molecule has 0 N–H and O–H groups in total. The summed E-state index contributed by atoms with van der Waals surface area (Å²) >= 11 is 0. The molecule has 0 radical (unpaired) electrons. The molecule has 0 bridgehead atoms. The van der Waals surface area contributed by atoms with Gasteiger partial charge in [-0.1, -0.05) is 112 Å². The van der Waals surface area contributed by atoms with E-state index >= 15 is 0 Å². The molecule has 5 aromatic carbocycles. The largest absolute Gasteiger partial charge is 0.457 e. The van der Waals surface area contributed by atoms with Gasteiger partial charge < -0.3 is 4.74 Å². The molecule has 0 atom stereocenters. The van der Waals surface area contributed by atoms with E-state index in [-0.39, 0.29) is 5.41 Å². The summed E-state index contributed by atoms with van der Waals surface area (Å²) in [7, 11) is -0.720. The van der Waals surface area contributed by atoms with Crippen molar-refractivity contribution >= 4 is 45.6 Å². The third kappa shape index (κ3) is 5.33. The van der Waals surface area contributed by atoms with E-state index in [1.807, 2.05) is 12.3 Å². The Balaban J connectivity index is 1.31. The second kappa shape index (κ2) is 11.2. The van der Waals surface area contributed by atoms with Crippen molar-refractivity contribution in [3.8, 4) is 17.3 Å². The van der Waals surface area contributed by atoms with Gasteiger partial charge in [-0.3, -0.25) is 4.57 Å². The Bertz CT molecular complexity index is 2000. The van der Waals surface area contributed by atoms with Crippen molar-refractivity contribution in [2.45, 2.75) is 26.2 Å². The maximum absolute atomic E-state index is 6.59. The zero-order valence-electron chi connectivity index (χ0n) is 24.6. The summed E-state index contributed by atoms with van der Waals surface area (Å²) < 4.78 is 8.85. The Hall–Kier alpha value is -4.72. The van der Waals surface area contributed by atoms with E-state index < -0.39 is 7.92 Å². The summed E-state index contributed by atoms with van der Waals surface area (Å²) in [5.41, 5.74) is 3.48. The first-order valence-corrected chi connectivity index (χ1v) is 16.0. The minimum Gasteiger partial charge on any atom is -0.457 e. The molecule has 0 amide bonds. The van der Waals surface area contributed by atoms with Gasteiger partial charge in [0.15, 0.2) is 0 Å². The molecule has 0 saturated heterocycles. The first-order chi connectivity index (χ1) is 21.0. The van der Waals surface area contributed by atoms with Gasteiger partial charge >= 0.3 is 0 Å². The van der Waals surface area contributed by atoms with Crippen LogP contribution in [0.5, 0.6) is 11.5 Å². The second-order valence-electron chi connectivity index (χ2n) is 11.8. The van der Waals surface area contributed by atoms with Gasteiger partial charge in [0, 0.05) is 23.0 Å². The number of pyridine rings is 1. The van der Waals surface area contributed by atoms with E-state index in [4.69, 9.17) is 9.72 Å².